The fourth-order valence-corrected chi connectivity index (χ4v) is 2.95. The number of allylic oxidation sites excluding steroid dienone is 1. The Balaban J connectivity index is 1.69. The minimum absolute atomic E-state index is 0.223. The van der Waals surface area contributed by atoms with Gasteiger partial charge in [0.25, 0.3) is 0 Å². The molecule has 0 aliphatic carbocycles. The average molecular weight is 377 g/mol. The molecule has 0 spiro atoms. The fourth-order valence-electron chi connectivity index (χ4n) is 2.95. The first kappa shape index (κ1) is 19.8. The monoisotopic (exact) mass is 377 g/mol. The summed E-state index contributed by atoms with van der Waals surface area (Å²) in [6.07, 6.45) is 7.61. The molecule has 144 valence electrons. The third kappa shape index (κ3) is 5.27. The third-order valence-corrected chi connectivity index (χ3v) is 4.55. The smallest absolute Gasteiger partial charge is 0.131 e. The number of aliphatic hydroxyl groups excluding tert-OH is 1. The molecule has 0 aliphatic rings. The first-order chi connectivity index (χ1) is 13.5. The molecule has 2 aromatic carbocycles. The lowest BCUT2D eigenvalue weighted by molar-refractivity contribution is 0.182. The number of hydrogen-bond donors (Lipinski definition) is 2. The van der Waals surface area contributed by atoms with Gasteiger partial charge in [-0.1, -0.05) is 42.5 Å². The summed E-state index contributed by atoms with van der Waals surface area (Å²) >= 11 is 0. The summed E-state index contributed by atoms with van der Waals surface area (Å²) in [5, 5.41) is 18.6. The normalized spacial score (nSPS) is 12.4. The van der Waals surface area contributed by atoms with Crippen LogP contribution in [-0.2, 0) is 0 Å². The Kier molecular flexibility index (Phi) is 6.56. The molecular weight excluding hydrogens is 353 g/mol. The lowest BCUT2D eigenvalue weighted by atomic mass is 10.0. The van der Waals surface area contributed by atoms with Crippen molar-refractivity contribution in [1.82, 2.24) is 4.98 Å². The van der Waals surface area contributed by atoms with Crippen LogP contribution in [0.25, 0.3) is 28.5 Å². The Hall–Kier alpha value is -2.98. The van der Waals surface area contributed by atoms with E-state index in [-0.39, 0.29) is 17.7 Å². The zero-order valence-corrected chi connectivity index (χ0v) is 15.8. The predicted octanol–water partition coefficient (Wildman–Crippen LogP) is 5.82. The minimum atomic E-state index is -0.294. The van der Waals surface area contributed by atoms with Crippen molar-refractivity contribution in [3.63, 3.8) is 0 Å². The van der Waals surface area contributed by atoms with Crippen molar-refractivity contribution in [2.24, 2.45) is 0 Å². The third-order valence-electron chi connectivity index (χ3n) is 4.55. The van der Waals surface area contributed by atoms with Gasteiger partial charge >= 0.3 is 0 Å². The van der Waals surface area contributed by atoms with E-state index in [9.17, 15) is 14.6 Å². The van der Waals surface area contributed by atoms with Gasteiger partial charge in [-0.15, -0.1) is 0 Å². The standard InChI is InChI=1S/C24H24FNO2/c1-17(27)5-3-2-4-6-19-7-8-20(15-23(19)25)24-14-11-21(16-26-24)18-9-12-22(28)13-10-18/h4,6-17,27-28H,2-3,5H2,1H3. The number of aromatic hydroxyl groups is 1. The first-order valence-electron chi connectivity index (χ1n) is 9.43. The molecule has 0 fully saturated rings. The summed E-state index contributed by atoms with van der Waals surface area (Å²) in [5.41, 5.74) is 3.86. The van der Waals surface area contributed by atoms with Crippen molar-refractivity contribution in [3.8, 4) is 28.1 Å². The van der Waals surface area contributed by atoms with Crippen LogP contribution in [0, 0.1) is 5.82 Å². The summed E-state index contributed by atoms with van der Waals surface area (Å²) in [5.74, 6) is -0.0606. The molecule has 3 nitrogen and oxygen atoms in total. The van der Waals surface area contributed by atoms with Gasteiger partial charge < -0.3 is 10.2 Å². The second-order valence-corrected chi connectivity index (χ2v) is 6.90. The first-order valence-corrected chi connectivity index (χ1v) is 9.43. The molecule has 28 heavy (non-hydrogen) atoms. The molecule has 0 saturated heterocycles. The Bertz CT molecular complexity index is 932. The molecule has 1 unspecified atom stereocenters. The summed E-state index contributed by atoms with van der Waals surface area (Å²) in [4.78, 5) is 4.45. The quantitative estimate of drug-likeness (QED) is 0.510. The molecule has 4 heteroatoms. The number of aliphatic hydroxyl groups is 1. The van der Waals surface area contributed by atoms with Crippen LogP contribution in [0.3, 0.4) is 0 Å². The lowest BCUT2D eigenvalue weighted by Crippen LogP contribution is -1.97. The maximum absolute atomic E-state index is 14.4. The van der Waals surface area contributed by atoms with E-state index in [2.05, 4.69) is 4.98 Å². The van der Waals surface area contributed by atoms with E-state index in [4.69, 9.17) is 0 Å². The van der Waals surface area contributed by atoms with Gasteiger partial charge in [0.1, 0.15) is 11.6 Å². The summed E-state index contributed by atoms with van der Waals surface area (Å²) in [6.45, 7) is 1.77. The van der Waals surface area contributed by atoms with Gasteiger partial charge in [0.05, 0.1) is 11.8 Å². The van der Waals surface area contributed by atoms with Gasteiger partial charge in [-0.2, -0.15) is 0 Å². The molecular formula is C24H24FNO2. The van der Waals surface area contributed by atoms with Gasteiger partial charge in [0, 0.05) is 22.9 Å². The van der Waals surface area contributed by atoms with Gasteiger partial charge in [-0.3, -0.25) is 4.98 Å². The van der Waals surface area contributed by atoms with E-state index >= 15 is 0 Å². The zero-order chi connectivity index (χ0) is 19.9. The van der Waals surface area contributed by atoms with Crippen LogP contribution in [-0.4, -0.2) is 21.3 Å². The molecule has 3 aromatic rings. The van der Waals surface area contributed by atoms with E-state index < -0.39 is 0 Å². The SMILES string of the molecule is CC(O)CCCC=Cc1ccc(-c2ccc(-c3ccc(O)cc3)cn2)cc1F. The fraction of sp³-hybridized carbons (Fsp3) is 0.208. The van der Waals surface area contributed by atoms with E-state index in [0.29, 0.717) is 11.3 Å². The van der Waals surface area contributed by atoms with Crippen molar-refractivity contribution in [2.45, 2.75) is 32.3 Å². The topological polar surface area (TPSA) is 53.4 Å². The molecule has 0 bridgehead atoms. The highest BCUT2D eigenvalue weighted by Gasteiger charge is 2.06. The number of pyridine rings is 1. The largest absolute Gasteiger partial charge is 0.508 e. The van der Waals surface area contributed by atoms with Crippen LogP contribution in [0.2, 0.25) is 0 Å². The van der Waals surface area contributed by atoms with Crippen molar-refractivity contribution in [3.05, 3.63) is 78.3 Å². The zero-order valence-electron chi connectivity index (χ0n) is 15.8. The summed E-state index contributed by atoms with van der Waals surface area (Å²) in [7, 11) is 0. The second-order valence-electron chi connectivity index (χ2n) is 6.90. The number of rotatable bonds is 7. The predicted molar refractivity (Wildman–Crippen MR) is 111 cm³/mol. The van der Waals surface area contributed by atoms with Gasteiger partial charge in [-0.05, 0) is 56.0 Å². The highest BCUT2D eigenvalue weighted by molar-refractivity contribution is 5.68. The van der Waals surface area contributed by atoms with E-state index in [1.54, 1.807) is 37.4 Å². The second kappa shape index (κ2) is 9.29. The molecule has 0 radical (unpaired) electrons. The average Bonchev–Trinajstić information content (AvgIpc) is 2.69. The van der Waals surface area contributed by atoms with E-state index in [1.165, 1.54) is 6.07 Å². The maximum atomic E-state index is 14.4. The Labute approximate surface area is 164 Å². The molecule has 1 aromatic heterocycles. The van der Waals surface area contributed by atoms with Crippen molar-refractivity contribution < 1.29 is 14.6 Å². The molecule has 0 amide bonds. The Morgan fingerprint density at radius 3 is 2.36 bits per heavy atom. The van der Waals surface area contributed by atoms with Crippen LogP contribution in [0.5, 0.6) is 5.75 Å². The highest BCUT2D eigenvalue weighted by atomic mass is 19.1. The van der Waals surface area contributed by atoms with Gasteiger partial charge in [-0.25, -0.2) is 4.39 Å². The molecule has 1 heterocycles. The van der Waals surface area contributed by atoms with Crippen LogP contribution < -0.4 is 0 Å². The van der Waals surface area contributed by atoms with Crippen LogP contribution in [0.1, 0.15) is 31.7 Å². The molecule has 2 N–H and O–H groups in total. The summed E-state index contributed by atoms with van der Waals surface area (Å²) in [6, 6.07) is 15.8. The number of halogens is 1. The lowest BCUT2D eigenvalue weighted by Gasteiger charge is -2.06. The number of nitrogens with zero attached hydrogens (tertiary/aromatic N) is 1. The van der Waals surface area contributed by atoms with Crippen molar-refractivity contribution in [2.75, 3.05) is 0 Å². The molecule has 0 saturated carbocycles. The maximum Gasteiger partial charge on any atom is 0.131 e. The highest BCUT2D eigenvalue weighted by Crippen LogP contribution is 2.25. The van der Waals surface area contributed by atoms with E-state index in [1.807, 2.05) is 36.4 Å². The number of hydrogen-bond acceptors (Lipinski definition) is 3. The Morgan fingerprint density at radius 2 is 1.71 bits per heavy atom. The number of phenolic OH excluding ortho intramolecular Hbond substituents is 1. The number of aromatic nitrogens is 1. The molecule has 3 rings (SSSR count). The Morgan fingerprint density at radius 1 is 1.00 bits per heavy atom. The van der Waals surface area contributed by atoms with Crippen LogP contribution in [0.15, 0.2) is 66.9 Å². The number of benzene rings is 2. The molecule has 0 aliphatic heterocycles. The minimum Gasteiger partial charge on any atom is -0.508 e. The number of phenols is 1. The van der Waals surface area contributed by atoms with Crippen molar-refractivity contribution >= 4 is 6.08 Å². The van der Waals surface area contributed by atoms with Crippen LogP contribution >= 0.6 is 0 Å². The van der Waals surface area contributed by atoms with Gasteiger partial charge in [0.15, 0.2) is 0 Å². The van der Waals surface area contributed by atoms with Crippen molar-refractivity contribution in [1.29, 1.82) is 0 Å². The summed E-state index contributed by atoms with van der Waals surface area (Å²) < 4.78 is 14.4. The molecule has 1 atom stereocenters. The van der Waals surface area contributed by atoms with Crippen LogP contribution in [0.4, 0.5) is 4.39 Å². The van der Waals surface area contributed by atoms with Gasteiger partial charge in [0.2, 0.25) is 0 Å². The van der Waals surface area contributed by atoms with E-state index in [0.717, 1.165) is 36.0 Å². The number of unbranched alkanes of at least 4 members (excludes halogenated alkanes) is 1.